The van der Waals surface area contributed by atoms with Crippen LogP contribution in [0.25, 0.3) is 0 Å². The average molecular weight is 206 g/mol. The first-order valence-electron chi connectivity index (χ1n) is 3.74. The van der Waals surface area contributed by atoms with Gasteiger partial charge in [-0.15, -0.1) is 6.42 Å². The van der Waals surface area contributed by atoms with E-state index in [-0.39, 0.29) is 6.54 Å². The Morgan fingerprint density at radius 1 is 1.62 bits per heavy atom. The molecule has 0 saturated heterocycles. The highest BCUT2D eigenvalue weighted by Gasteiger charge is 2.10. The van der Waals surface area contributed by atoms with Crippen molar-refractivity contribution in [3.63, 3.8) is 0 Å². The maximum Gasteiger partial charge on any atom is 0.278 e. The molecule has 0 aromatic rings. The van der Waals surface area contributed by atoms with E-state index in [2.05, 4.69) is 20.1 Å². The zero-order valence-corrected chi connectivity index (χ0v) is 8.52. The monoisotopic (exact) mass is 206 g/mol. The molecule has 0 fully saturated rings. The van der Waals surface area contributed by atoms with Crippen LogP contribution in [0.15, 0.2) is 0 Å². The van der Waals surface area contributed by atoms with Crippen LogP contribution in [-0.4, -0.2) is 34.7 Å². The molecule has 76 valence electrons. The molecule has 0 saturated carbocycles. The zero-order valence-electron chi connectivity index (χ0n) is 7.70. The van der Waals surface area contributed by atoms with Crippen molar-refractivity contribution < 1.29 is 13.2 Å². The van der Waals surface area contributed by atoms with Crippen LogP contribution in [0.2, 0.25) is 0 Å². The van der Waals surface area contributed by atoms with Gasteiger partial charge in [-0.3, -0.25) is 0 Å². The van der Waals surface area contributed by atoms with Gasteiger partial charge in [0.25, 0.3) is 10.2 Å². The Morgan fingerprint density at radius 2 is 2.23 bits per heavy atom. The lowest BCUT2D eigenvalue weighted by Crippen LogP contribution is -2.42. The topological polar surface area (TPSA) is 67.4 Å². The third-order valence-electron chi connectivity index (χ3n) is 1.18. The number of rotatable bonds is 6. The SMILES string of the molecule is C#CC(C)NS(=O)(=O)NCCOC. The molecule has 13 heavy (non-hydrogen) atoms. The van der Waals surface area contributed by atoms with Gasteiger partial charge in [0.2, 0.25) is 0 Å². The summed E-state index contributed by atoms with van der Waals surface area (Å²) < 4.78 is 31.4. The predicted octanol–water partition coefficient (Wildman–Crippen LogP) is -0.921. The average Bonchev–Trinajstić information content (AvgIpc) is 2.03. The minimum atomic E-state index is -3.49. The fourth-order valence-electron chi connectivity index (χ4n) is 0.587. The summed E-state index contributed by atoms with van der Waals surface area (Å²) in [7, 11) is -2.00. The van der Waals surface area contributed by atoms with Gasteiger partial charge in [-0.05, 0) is 6.92 Å². The first-order valence-corrected chi connectivity index (χ1v) is 5.22. The normalized spacial score (nSPS) is 13.6. The molecule has 6 heteroatoms. The van der Waals surface area contributed by atoms with E-state index < -0.39 is 16.3 Å². The smallest absolute Gasteiger partial charge is 0.278 e. The molecule has 1 atom stereocenters. The van der Waals surface area contributed by atoms with Gasteiger partial charge in [-0.1, -0.05) is 5.92 Å². The molecule has 0 rings (SSSR count). The van der Waals surface area contributed by atoms with Gasteiger partial charge in [-0.2, -0.15) is 17.9 Å². The number of ether oxygens (including phenoxy) is 1. The second-order valence-corrected chi connectivity index (χ2v) is 3.93. The Labute approximate surface area is 79.0 Å². The lowest BCUT2D eigenvalue weighted by molar-refractivity contribution is 0.204. The Bertz CT molecular complexity index is 268. The second-order valence-electron chi connectivity index (χ2n) is 2.40. The van der Waals surface area contributed by atoms with E-state index in [9.17, 15) is 8.42 Å². The van der Waals surface area contributed by atoms with E-state index in [0.29, 0.717) is 6.61 Å². The van der Waals surface area contributed by atoms with Gasteiger partial charge in [-0.25, -0.2) is 0 Å². The molecule has 0 radical (unpaired) electrons. The fraction of sp³-hybridized carbons (Fsp3) is 0.714. The number of hydrogen-bond donors (Lipinski definition) is 2. The maximum absolute atomic E-state index is 11.1. The van der Waals surface area contributed by atoms with E-state index in [0.717, 1.165) is 0 Å². The summed E-state index contributed by atoms with van der Waals surface area (Å²) in [6, 6.07) is -0.514. The molecule has 0 aliphatic rings. The summed E-state index contributed by atoms with van der Waals surface area (Å²) in [6.07, 6.45) is 5.00. The van der Waals surface area contributed by atoms with Gasteiger partial charge in [0, 0.05) is 13.7 Å². The molecule has 5 nitrogen and oxygen atoms in total. The van der Waals surface area contributed by atoms with Gasteiger partial charge in [0.05, 0.1) is 12.6 Å². The van der Waals surface area contributed by atoms with Crippen LogP contribution in [0.4, 0.5) is 0 Å². The van der Waals surface area contributed by atoms with Crippen molar-refractivity contribution in [2.75, 3.05) is 20.3 Å². The van der Waals surface area contributed by atoms with Crippen LogP contribution in [0.5, 0.6) is 0 Å². The van der Waals surface area contributed by atoms with Crippen molar-refractivity contribution >= 4 is 10.2 Å². The quantitative estimate of drug-likeness (QED) is 0.436. The van der Waals surface area contributed by atoms with Crippen LogP contribution in [0.3, 0.4) is 0 Å². The predicted molar refractivity (Wildman–Crippen MR) is 50.2 cm³/mol. The first kappa shape index (κ1) is 12.4. The highest BCUT2D eigenvalue weighted by atomic mass is 32.2. The highest BCUT2D eigenvalue weighted by Crippen LogP contribution is 1.82. The van der Waals surface area contributed by atoms with E-state index in [1.165, 1.54) is 7.11 Å². The third kappa shape index (κ3) is 6.54. The molecule has 0 aliphatic carbocycles. The largest absolute Gasteiger partial charge is 0.383 e. The zero-order chi connectivity index (χ0) is 10.3. The van der Waals surface area contributed by atoms with Crippen LogP contribution < -0.4 is 9.44 Å². The van der Waals surface area contributed by atoms with Crippen molar-refractivity contribution in [2.45, 2.75) is 13.0 Å². The van der Waals surface area contributed by atoms with Gasteiger partial charge >= 0.3 is 0 Å². The van der Waals surface area contributed by atoms with E-state index in [4.69, 9.17) is 6.42 Å². The van der Waals surface area contributed by atoms with Crippen molar-refractivity contribution in [3.8, 4) is 12.3 Å². The number of methoxy groups -OCH3 is 1. The van der Waals surface area contributed by atoms with Gasteiger partial charge in [0.1, 0.15) is 0 Å². The molecule has 0 spiro atoms. The van der Waals surface area contributed by atoms with Crippen LogP contribution in [0.1, 0.15) is 6.92 Å². The van der Waals surface area contributed by atoms with Crippen LogP contribution in [0, 0.1) is 12.3 Å². The summed E-state index contributed by atoms with van der Waals surface area (Å²) in [6.45, 7) is 2.13. The van der Waals surface area contributed by atoms with Crippen LogP contribution >= 0.6 is 0 Å². The molecular weight excluding hydrogens is 192 g/mol. The standard InChI is InChI=1S/C7H14N2O3S/c1-4-7(2)9-13(10,11)8-5-6-12-3/h1,7-9H,5-6H2,2-3H3. The maximum atomic E-state index is 11.1. The minimum Gasteiger partial charge on any atom is -0.383 e. The Balaban J connectivity index is 3.89. The number of terminal acetylenes is 1. The molecule has 0 bridgehead atoms. The molecule has 0 aliphatic heterocycles. The molecule has 0 aromatic heterocycles. The molecule has 2 N–H and O–H groups in total. The summed E-state index contributed by atoms with van der Waals surface area (Å²) in [5, 5.41) is 0. The highest BCUT2D eigenvalue weighted by molar-refractivity contribution is 7.87. The third-order valence-corrected chi connectivity index (χ3v) is 2.43. The Morgan fingerprint density at radius 3 is 2.69 bits per heavy atom. The van der Waals surface area contributed by atoms with E-state index in [1.54, 1.807) is 6.92 Å². The van der Waals surface area contributed by atoms with Crippen molar-refractivity contribution in [1.82, 2.24) is 9.44 Å². The lowest BCUT2D eigenvalue weighted by atomic mass is 10.4. The molecule has 0 amide bonds. The van der Waals surface area contributed by atoms with Crippen molar-refractivity contribution in [2.24, 2.45) is 0 Å². The first-order chi connectivity index (χ1) is 6.02. The molecule has 1 unspecified atom stereocenters. The molecule has 0 aromatic carbocycles. The van der Waals surface area contributed by atoms with Crippen molar-refractivity contribution in [1.29, 1.82) is 0 Å². The number of hydrogen-bond acceptors (Lipinski definition) is 3. The summed E-state index contributed by atoms with van der Waals surface area (Å²) in [5.74, 6) is 2.25. The van der Waals surface area contributed by atoms with E-state index in [1.807, 2.05) is 0 Å². The Hall–Kier alpha value is -0.610. The van der Waals surface area contributed by atoms with Crippen LogP contribution in [-0.2, 0) is 14.9 Å². The minimum absolute atomic E-state index is 0.225. The van der Waals surface area contributed by atoms with Gasteiger partial charge in [0.15, 0.2) is 0 Å². The second kappa shape index (κ2) is 5.94. The Kier molecular flexibility index (Phi) is 5.66. The summed E-state index contributed by atoms with van der Waals surface area (Å²) in [4.78, 5) is 0. The van der Waals surface area contributed by atoms with Gasteiger partial charge < -0.3 is 4.74 Å². The fourth-order valence-corrected chi connectivity index (χ4v) is 1.56. The molecular formula is C7H14N2O3S. The lowest BCUT2D eigenvalue weighted by Gasteiger charge is -2.09. The summed E-state index contributed by atoms with van der Waals surface area (Å²) in [5.41, 5.74) is 0. The molecule has 0 heterocycles. The number of nitrogens with one attached hydrogen (secondary N) is 2. The van der Waals surface area contributed by atoms with E-state index >= 15 is 0 Å². The summed E-state index contributed by atoms with van der Waals surface area (Å²) >= 11 is 0. The van der Waals surface area contributed by atoms with Crippen molar-refractivity contribution in [3.05, 3.63) is 0 Å².